The summed E-state index contributed by atoms with van der Waals surface area (Å²) < 4.78 is 78.5. The zero-order valence-corrected chi connectivity index (χ0v) is 98.0. The average molecular weight is 2050 g/mol. The van der Waals surface area contributed by atoms with E-state index in [1.165, 1.54) is 62.2 Å². The number of carbonyl (C=O) groups excluding carboxylic acids is 10. The van der Waals surface area contributed by atoms with Crippen LogP contribution >= 0.6 is 11.1 Å². The fourth-order valence-electron chi connectivity index (χ4n) is 11.1. The maximum Gasteiger partial charge on any atom is 0.419 e. The lowest BCUT2D eigenvalue weighted by Crippen LogP contribution is -2.52. The number of aromatic nitrogens is 2. The molecular formula is C98H179ClN6O27Si5. The fraction of sp³-hybridized carbons (Fsp3) is 0.755. The van der Waals surface area contributed by atoms with Crippen LogP contribution in [-0.2, 0) is 74.7 Å². The first-order valence-electron chi connectivity index (χ1n) is 46.7. The summed E-state index contributed by atoms with van der Waals surface area (Å²) in [4.78, 5) is 126. The van der Waals surface area contributed by atoms with Gasteiger partial charge in [-0.2, -0.15) is 11.1 Å². The molecule has 0 bridgehead atoms. The molecule has 0 aromatic carbocycles. The third-order valence-electron chi connectivity index (χ3n) is 23.9. The number of methoxy groups -OCH3 is 4. The van der Waals surface area contributed by atoms with E-state index in [2.05, 4.69) is 200 Å². The van der Waals surface area contributed by atoms with Crippen molar-refractivity contribution in [2.24, 2.45) is 0 Å². The number of ether oxygens (including phenoxy) is 10. The molecule has 33 nitrogen and oxygen atoms in total. The summed E-state index contributed by atoms with van der Waals surface area (Å²) in [5, 5.41) is 29.9. The van der Waals surface area contributed by atoms with E-state index in [0.717, 1.165) is 9.47 Å². The fourth-order valence-corrected chi connectivity index (χ4v) is 15.2. The lowest BCUT2D eigenvalue weighted by atomic mass is 10.1. The molecule has 2 aromatic rings. The SMILES string of the molecule is CC(C)(C)OC(=O)N1[C@@H](CO)C=C[C@H]1CO.CC(C)(C)OC(=O)N1[C@@H](CO[Si](C)(C)C(C)(C)C)C=C[C@H]1CO[Si](C)(C)C(C)(C)C.CC(C)(C)OC(=O)N1[C@@H](CO[Si](C)(C)C(C)(C)C)CC(O)[C@H]1CO[Si](C)(C)C(C)(C)C.CC(C)(C)OC(=O)n1cccc1.CC(C)(C)[Si](C)(C)Cl.COC(=O)[C@H]1C=C[C@@H](C(=O)OC)N1C(=O)OC(C)(C)C.COC(=O)c1ccc(C(=O)OC)n1C(=O)OC(C)(C)C. The Bertz CT molecular complexity index is 4170. The first-order valence-corrected chi connectivity index (χ1v) is 62.3. The first kappa shape index (κ1) is 130. The van der Waals surface area contributed by atoms with Crippen LogP contribution in [0, 0.1) is 0 Å². The predicted octanol–water partition coefficient (Wildman–Crippen LogP) is 21.1. The van der Waals surface area contributed by atoms with Gasteiger partial charge in [0.05, 0.1) is 110 Å². The molecule has 0 radical (unpaired) electrons. The second-order valence-corrected chi connectivity index (χ2v) is 74.3. The van der Waals surface area contributed by atoms with E-state index in [4.69, 9.17) is 67.4 Å². The summed E-state index contributed by atoms with van der Waals surface area (Å²) >= 11 is 6.15. The largest absolute Gasteiger partial charge is 0.467 e. The van der Waals surface area contributed by atoms with Crippen LogP contribution in [0.15, 0.2) is 73.1 Å². The second kappa shape index (κ2) is 51.1. The van der Waals surface area contributed by atoms with E-state index in [1.807, 2.05) is 67.2 Å². The molecule has 790 valence electrons. The maximum atomic E-state index is 13.2. The van der Waals surface area contributed by atoms with Crippen LogP contribution in [-0.4, -0.2) is 301 Å². The van der Waals surface area contributed by atoms with Crippen LogP contribution in [0.25, 0.3) is 0 Å². The molecule has 39 heteroatoms. The van der Waals surface area contributed by atoms with Gasteiger partial charge >= 0.3 is 60.4 Å². The van der Waals surface area contributed by atoms with E-state index in [1.54, 1.807) is 104 Å². The molecular weight excluding hydrogens is 1870 g/mol. The molecule has 3 N–H and O–H groups in total. The molecule has 137 heavy (non-hydrogen) atoms. The number of likely N-dealkylation sites (tertiary alicyclic amines) is 1. The van der Waals surface area contributed by atoms with E-state index < -0.39 is 159 Å². The molecule has 0 spiro atoms. The Morgan fingerprint density at radius 3 is 0.869 bits per heavy atom. The van der Waals surface area contributed by atoms with Crippen LogP contribution in [0.1, 0.15) is 256 Å². The highest BCUT2D eigenvalue weighted by atomic mass is 35.6. The van der Waals surface area contributed by atoms with Crippen molar-refractivity contribution < 1.29 is 128 Å². The van der Waals surface area contributed by atoms with E-state index >= 15 is 0 Å². The zero-order valence-electron chi connectivity index (χ0n) is 92.3. The average Bonchev–Trinajstić information content (AvgIpc) is 1.64. The number of halogens is 1. The van der Waals surface area contributed by atoms with Gasteiger partial charge in [0, 0.05) is 12.4 Å². The van der Waals surface area contributed by atoms with Crippen molar-refractivity contribution in [3.05, 3.63) is 84.5 Å². The first-order chi connectivity index (χ1) is 61.3. The van der Waals surface area contributed by atoms with Crippen molar-refractivity contribution in [2.75, 3.05) is 68.1 Å². The zero-order chi connectivity index (χ0) is 108. The van der Waals surface area contributed by atoms with Gasteiger partial charge in [-0.1, -0.05) is 153 Å². The lowest BCUT2D eigenvalue weighted by Gasteiger charge is -2.40. The Hall–Kier alpha value is -7.23. The third-order valence-corrected chi connectivity index (χ3v) is 47.2. The van der Waals surface area contributed by atoms with Gasteiger partial charge in [0.1, 0.15) is 45.0 Å². The van der Waals surface area contributed by atoms with E-state index in [9.17, 15) is 53.1 Å². The maximum absolute atomic E-state index is 13.2. The van der Waals surface area contributed by atoms with Crippen LogP contribution in [0.3, 0.4) is 0 Å². The van der Waals surface area contributed by atoms with Gasteiger partial charge in [0.2, 0.25) is 0 Å². The number of amides is 4. The summed E-state index contributed by atoms with van der Waals surface area (Å²) in [5.41, 5.74) is -3.91. The summed E-state index contributed by atoms with van der Waals surface area (Å²) in [6.45, 7) is 88.8. The molecule has 4 aliphatic heterocycles. The van der Waals surface area contributed by atoms with Gasteiger partial charge in [-0.15, -0.1) is 0 Å². The normalized spacial score (nSPS) is 19.5. The Morgan fingerprint density at radius 1 is 0.343 bits per heavy atom. The van der Waals surface area contributed by atoms with Gasteiger partial charge in [0.15, 0.2) is 52.7 Å². The smallest absolute Gasteiger partial charge is 0.419 e. The molecule has 6 heterocycles. The second-order valence-electron chi connectivity index (χ2n) is 47.8. The number of carbonyl (C=O) groups is 10. The van der Waals surface area contributed by atoms with Crippen molar-refractivity contribution >= 4 is 112 Å². The molecule has 1 unspecified atom stereocenters. The van der Waals surface area contributed by atoms with Crippen molar-refractivity contribution in [2.45, 2.75) is 414 Å². The van der Waals surface area contributed by atoms with Gasteiger partial charge in [-0.05, 0) is 233 Å². The number of hydrogen-bond acceptors (Lipinski definition) is 27. The van der Waals surface area contributed by atoms with Crippen molar-refractivity contribution in [3.8, 4) is 0 Å². The summed E-state index contributed by atoms with van der Waals surface area (Å²) in [5.74, 6) is -2.82. The molecule has 1 fully saturated rings. The summed E-state index contributed by atoms with van der Waals surface area (Å²) in [6, 6.07) is 2.39. The topological polar surface area (TPSA) is 383 Å². The van der Waals surface area contributed by atoms with Crippen LogP contribution in [0.2, 0.25) is 90.7 Å². The van der Waals surface area contributed by atoms with Crippen LogP contribution in [0.4, 0.5) is 28.8 Å². The van der Waals surface area contributed by atoms with Gasteiger partial charge in [-0.25, -0.2) is 52.5 Å². The Balaban J connectivity index is 0.00000163. The summed E-state index contributed by atoms with van der Waals surface area (Å²) in [6.07, 6.45) is 10.3. The number of nitrogens with zero attached hydrogens (tertiary/aromatic N) is 6. The Kier molecular flexibility index (Phi) is 48.4. The third kappa shape index (κ3) is 43.2. The minimum atomic E-state index is -2.02. The lowest BCUT2D eigenvalue weighted by molar-refractivity contribution is -0.149. The van der Waals surface area contributed by atoms with Crippen molar-refractivity contribution in [1.82, 2.24) is 28.7 Å². The number of aliphatic hydroxyl groups excluding tert-OH is 3. The molecule has 4 aliphatic rings. The molecule has 4 amide bonds. The highest BCUT2D eigenvalue weighted by Crippen LogP contribution is 2.43. The molecule has 9 atom stereocenters. The number of esters is 4. The van der Waals surface area contributed by atoms with E-state index in [-0.39, 0.29) is 75.1 Å². The highest BCUT2D eigenvalue weighted by molar-refractivity contribution is 7.20. The number of aliphatic hydroxyl groups is 3. The standard InChI is InChI=1S/C23H49NO5Si2.C23H47NO4Si2.C13H19NO6.C13H17NO6.C11H19NO4.C9H13NO2.C6H15ClSi/c1-21(2,3)29-20(26)24-17(15-27-30(10,11)22(4,5)6)14-19(25)18(24)16-28-31(12,13)23(7,8)9;1-21(2,3)28-20(25)24-18(16-26-29(10,11)22(4,5)6)14-15-19(24)17-27-30(12,13)23(7,8)9;2*1-13(2,3)20-12(17)14-8(10(15)18-4)6-7-9(14)11(16)19-5;1-11(2,3)16-10(15)12-8(6-13)4-5-9(12)7-14;1-9(2,3)12-8(11)10-6-4-5-7-10;1-6(2,3)8(4,5)7/h17-19,25H,14-16H2,1-13H3;14-15,18-19H,16-17H2,1-13H3;6-9H,1-5H3;6-7H,1-5H3;4-5,8-9,13-14H,6-7H2,1-3H3;4-7H,1-3H3;1-5H3/t17-,18-,19?;18-,19+;8-,9+;;8-,9+;;/m1....../s1. The van der Waals surface area contributed by atoms with Gasteiger partial charge in [-0.3, -0.25) is 24.2 Å². The molecule has 0 saturated carbocycles. The number of hydrogen-bond donors (Lipinski definition) is 3. The highest BCUT2D eigenvalue weighted by Gasteiger charge is 2.51. The Labute approximate surface area is 830 Å². The molecule has 0 aliphatic carbocycles. The van der Waals surface area contributed by atoms with Crippen molar-refractivity contribution in [3.63, 3.8) is 0 Å². The number of rotatable bonds is 18. The minimum absolute atomic E-state index is 0.0537. The monoisotopic (exact) mass is 2050 g/mol. The summed E-state index contributed by atoms with van der Waals surface area (Å²) in [7, 11) is -4.47. The van der Waals surface area contributed by atoms with Gasteiger partial charge in [0.25, 0.3) is 0 Å². The van der Waals surface area contributed by atoms with Crippen molar-refractivity contribution in [1.29, 1.82) is 0 Å². The van der Waals surface area contributed by atoms with Gasteiger partial charge < -0.3 is 80.4 Å². The van der Waals surface area contributed by atoms with E-state index in [0.29, 0.717) is 37.9 Å². The predicted molar refractivity (Wildman–Crippen MR) is 549 cm³/mol. The molecule has 2 aromatic heterocycles. The quantitative estimate of drug-likeness (QED) is 0.0410. The molecule has 1 saturated heterocycles. The molecule has 6 rings (SSSR count). The van der Waals surface area contributed by atoms with Crippen LogP contribution < -0.4 is 0 Å². The Morgan fingerprint density at radius 2 is 0.599 bits per heavy atom. The minimum Gasteiger partial charge on any atom is -0.467 e. The van der Waals surface area contributed by atoms with Crippen LogP contribution in [0.5, 0.6) is 0 Å².